The van der Waals surface area contributed by atoms with Crippen molar-refractivity contribution in [3.8, 4) is 79.8 Å². The van der Waals surface area contributed by atoms with Crippen molar-refractivity contribution in [1.29, 1.82) is 5.26 Å². The molecular formula is C50H31N7. The minimum absolute atomic E-state index is 0.469. The smallest absolute Gasteiger partial charge is 0.166 e. The number of benzene rings is 7. The molecular weight excluding hydrogens is 699 g/mol. The van der Waals surface area contributed by atoms with E-state index in [9.17, 15) is 5.26 Å². The second-order valence-electron chi connectivity index (χ2n) is 13.7. The topological polar surface area (TPSA) is 93.2 Å². The van der Waals surface area contributed by atoms with Crippen LogP contribution in [-0.4, -0.2) is 29.5 Å². The minimum atomic E-state index is 0.469. The molecule has 0 N–H and O–H groups in total. The second kappa shape index (κ2) is 14.3. The summed E-state index contributed by atoms with van der Waals surface area (Å²) in [4.78, 5) is 25.3. The average molecular weight is 730 g/mol. The fourth-order valence-corrected chi connectivity index (χ4v) is 7.37. The molecule has 10 aromatic rings. The van der Waals surface area contributed by atoms with E-state index in [1.54, 1.807) is 0 Å². The molecule has 0 aliphatic heterocycles. The molecule has 266 valence electrons. The van der Waals surface area contributed by atoms with Gasteiger partial charge in [-0.25, -0.2) is 24.9 Å². The predicted octanol–water partition coefficient (Wildman–Crippen LogP) is 11.6. The molecule has 0 aliphatic rings. The largest absolute Gasteiger partial charge is 0.308 e. The molecule has 7 aromatic carbocycles. The van der Waals surface area contributed by atoms with Crippen molar-refractivity contribution >= 4 is 21.8 Å². The van der Waals surface area contributed by atoms with Gasteiger partial charge in [0, 0.05) is 44.2 Å². The summed E-state index contributed by atoms with van der Waals surface area (Å²) in [5.74, 6) is 2.21. The highest BCUT2D eigenvalue weighted by molar-refractivity contribution is 6.10. The van der Waals surface area contributed by atoms with Gasteiger partial charge in [-0.1, -0.05) is 140 Å². The molecule has 0 unspecified atom stereocenters. The summed E-state index contributed by atoms with van der Waals surface area (Å²) >= 11 is 0. The van der Waals surface area contributed by atoms with Crippen LogP contribution in [0.5, 0.6) is 0 Å². The predicted molar refractivity (Wildman–Crippen MR) is 227 cm³/mol. The molecule has 0 fully saturated rings. The van der Waals surface area contributed by atoms with E-state index in [1.807, 2.05) is 121 Å². The zero-order valence-corrected chi connectivity index (χ0v) is 30.5. The van der Waals surface area contributed by atoms with Gasteiger partial charge in [0.05, 0.1) is 39.7 Å². The molecule has 3 heterocycles. The van der Waals surface area contributed by atoms with Crippen molar-refractivity contribution in [2.75, 3.05) is 0 Å². The number of aromatic nitrogens is 6. The Labute approximate surface area is 328 Å². The highest BCUT2D eigenvalue weighted by Gasteiger charge is 2.21. The lowest BCUT2D eigenvalue weighted by Crippen LogP contribution is -2.04. The molecule has 7 heteroatoms. The van der Waals surface area contributed by atoms with Crippen molar-refractivity contribution in [2.45, 2.75) is 0 Å². The molecule has 57 heavy (non-hydrogen) atoms. The van der Waals surface area contributed by atoms with Gasteiger partial charge in [0.2, 0.25) is 0 Å². The molecule has 0 saturated heterocycles. The van der Waals surface area contributed by atoms with E-state index in [4.69, 9.17) is 24.9 Å². The lowest BCUT2D eigenvalue weighted by Gasteiger charge is -2.15. The molecule has 0 radical (unpaired) electrons. The molecule has 0 atom stereocenters. The number of rotatable bonds is 7. The van der Waals surface area contributed by atoms with Gasteiger partial charge in [-0.05, 0) is 48.5 Å². The van der Waals surface area contributed by atoms with Crippen LogP contribution >= 0.6 is 0 Å². The van der Waals surface area contributed by atoms with Crippen LogP contribution in [0.15, 0.2) is 188 Å². The first-order valence-electron chi connectivity index (χ1n) is 18.7. The van der Waals surface area contributed by atoms with Crippen LogP contribution < -0.4 is 0 Å². The Hall–Kier alpha value is -8.08. The van der Waals surface area contributed by atoms with E-state index < -0.39 is 0 Å². The Morgan fingerprint density at radius 3 is 1.44 bits per heavy atom. The second-order valence-corrected chi connectivity index (χ2v) is 13.7. The number of hydrogen-bond donors (Lipinski definition) is 0. The standard InChI is InChI=1S/C50H31N7/c51-32-33-25-27-46(41(29-33)50-55-47(36-19-9-3-10-20-36)54-48(56-50)37-21-11-4-12-22-37)57-44-24-14-13-23-39(44)40-30-38(26-28-45(40)57)49-52-42(34-15-5-1-6-16-34)31-43(53-49)35-17-7-2-8-18-35/h1-31H. The van der Waals surface area contributed by atoms with Gasteiger partial charge in [0.15, 0.2) is 23.3 Å². The number of nitriles is 1. The van der Waals surface area contributed by atoms with Crippen LogP contribution in [0.25, 0.3) is 95.6 Å². The summed E-state index contributed by atoms with van der Waals surface area (Å²) < 4.78 is 2.23. The van der Waals surface area contributed by atoms with Gasteiger partial charge < -0.3 is 4.57 Å². The van der Waals surface area contributed by atoms with Crippen LogP contribution in [-0.2, 0) is 0 Å². The third kappa shape index (κ3) is 6.27. The monoisotopic (exact) mass is 729 g/mol. The normalized spacial score (nSPS) is 11.1. The van der Waals surface area contributed by atoms with Crippen LogP contribution in [0.3, 0.4) is 0 Å². The molecule has 3 aromatic heterocycles. The van der Waals surface area contributed by atoms with Crippen LogP contribution in [0.2, 0.25) is 0 Å². The highest BCUT2D eigenvalue weighted by atomic mass is 15.1. The number of nitrogens with zero attached hydrogens (tertiary/aromatic N) is 7. The molecule has 0 saturated carbocycles. The van der Waals surface area contributed by atoms with E-state index >= 15 is 0 Å². The van der Waals surface area contributed by atoms with E-state index in [2.05, 4.69) is 77.4 Å². The van der Waals surface area contributed by atoms with E-state index in [1.165, 1.54) is 0 Å². The SMILES string of the molecule is N#Cc1ccc(-n2c3ccccc3c3cc(-c4nc(-c5ccccc5)cc(-c5ccccc5)n4)ccc32)c(-c2nc(-c3ccccc3)nc(-c3ccccc3)n2)c1. The fourth-order valence-electron chi connectivity index (χ4n) is 7.37. The Morgan fingerprint density at radius 1 is 0.368 bits per heavy atom. The highest BCUT2D eigenvalue weighted by Crippen LogP contribution is 2.38. The zero-order valence-electron chi connectivity index (χ0n) is 30.5. The quantitative estimate of drug-likeness (QED) is 0.162. The summed E-state index contributed by atoms with van der Waals surface area (Å²) in [6.45, 7) is 0. The molecule has 0 amide bonds. The van der Waals surface area contributed by atoms with Crippen molar-refractivity contribution in [3.63, 3.8) is 0 Å². The summed E-state index contributed by atoms with van der Waals surface area (Å²) in [5, 5.41) is 12.2. The first-order valence-corrected chi connectivity index (χ1v) is 18.7. The van der Waals surface area contributed by atoms with Gasteiger partial charge >= 0.3 is 0 Å². The number of hydrogen-bond acceptors (Lipinski definition) is 6. The van der Waals surface area contributed by atoms with Gasteiger partial charge in [-0.2, -0.15) is 5.26 Å². The lowest BCUT2D eigenvalue weighted by molar-refractivity contribution is 1.06. The fraction of sp³-hybridized carbons (Fsp3) is 0. The van der Waals surface area contributed by atoms with Crippen molar-refractivity contribution in [3.05, 3.63) is 194 Å². The maximum absolute atomic E-state index is 10.1. The van der Waals surface area contributed by atoms with E-state index in [0.29, 0.717) is 34.4 Å². The zero-order chi connectivity index (χ0) is 38.1. The molecule has 0 spiro atoms. The van der Waals surface area contributed by atoms with Gasteiger partial charge in [-0.15, -0.1) is 0 Å². The lowest BCUT2D eigenvalue weighted by atomic mass is 10.1. The summed E-state index contributed by atoms with van der Waals surface area (Å²) in [5.41, 5.74) is 10.4. The first-order chi connectivity index (χ1) is 28.2. The Kier molecular flexibility index (Phi) is 8.40. The maximum atomic E-state index is 10.1. The van der Waals surface area contributed by atoms with Crippen molar-refractivity contribution < 1.29 is 0 Å². The third-order valence-corrected chi connectivity index (χ3v) is 10.1. The van der Waals surface area contributed by atoms with Crippen LogP contribution in [0.1, 0.15) is 5.56 Å². The van der Waals surface area contributed by atoms with E-state index in [-0.39, 0.29) is 0 Å². The van der Waals surface area contributed by atoms with Crippen molar-refractivity contribution in [1.82, 2.24) is 29.5 Å². The molecule has 7 nitrogen and oxygen atoms in total. The third-order valence-electron chi connectivity index (χ3n) is 10.1. The van der Waals surface area contributed by atoms with Gasteiger partial charge in [0.1, 0.15) is 0 Å². The number of fused-ring (bicyclic) bond motifs is 3. The summed E-state index contributed by atoms with van der Waals surface area (Å²) in [6.07, 6.45) is 0. The van der Waals surface area contributed by atoms with Crippen LogP contribution in [0.4, 0.5) is 0 Å². The summed E-state index contributed by atoms with van der Waals surface area (Å²) in [6, 6.07) is 65.1. The van der Waals surface area contributed by atoms with Gasteiger partial charge in [-0.3, -0.25) is 0 Å². The molecule has 0 bridgehead atoms. The van der Waals surface area contributed by atoms with Gasteiger partial charge in [0.25, 0.3) is 0 Å². The Bertz CT molecular complexity index is 3000. The minimum Gasteiger partial charge on any atom is -0.308 e. The van der Waals surface area contributed by atoms with E-state index in [0.717, 1.165) is 66.7 Å². The summed E-state index contributed by atoms with van der Waals surface area (Å²) in [7, 11) is 0. The average Bonchev–Trinajstić information content (AvgIpc) is 3.63. The Morgan fingerprint density at radius 2 is 0.860 bits per heavy atom. The van der Waals surface area contributed by atoms with Crippen molar-refractivity contribution in [2.24, 2.45) is 0 Å². The Balaban J connectivity index is 1.19. The molecule has 0 aliphatic carbocycles. The molecule has 10 rings (SSSR count). The first kappa shape index (κ1) is 33.5. The maximum Gasteiger partial charge on any atom is 0.166 e. The van der Waals surface area contributed by atoms with Crippen LogP contribution in [0, 0.1) is 11.3 Å². The number of para-hydroxylation sites is 1.